The van der Waals surface area contributed by atoms with E-state index >= 15 is 0 Å². The van der Waals surface area contributed by atoms with Crippen LogP contribution >= 0.6 is 0 Å². The fourth-order valence-corrected chi connectivity index (χ4v) is 3.36. The van der Waals surface area contributed by atoms with E-state index in [0.717, 1.165) is 24.8 Å². The molecule has 3 rings (SSSR count). The molecule has 26 heavy (non-hydrogen) atoms. The topological polar surface area (TPSA) is 127 Å². The smallest absolute Gasteiger partial charge is 0.238 e. The molecular weight excluding hydrogens is 356 g/mol. The van der Waals surface area contributed by atoms with E-state index in [0.29, 0.717) is 23.9 Å². The van der Waals surface area contributed by atoms with E-state index in [1.165, 1.54) is 12.1 Å². The first-order valence-electron chi connectivity index (χ1n) is 8.47. The molecule has 1 saturated carbocycles. The Morgan fingerprint density at radius 3 is 2.62 bits per heavy atom. The lowest BCUT2D eigenvalue weighted by Crippen LogP contribution is -2.26. The number of aliphatic hydroxyl groups excluding tert-OH is 1. The van der Waals surface area contributed by atoms with Crippen molar-refractivity contribution in [3.63, 3.8) is 0 Å². The van der Waals surface area contributed by atoms with Gasteiger partial charge in [0.25, 0.3) is 0 Å². The maximum Gasteiger partial charge on any atom is 0.238 e. The number of anilines is 2. The molecule has 1 aliphatic carbocycles. The van der Waals surface area contributed by atoms with Crippen molar-refractivity contribution in [2.45, 2.75) is 49.7 Å². The van der Waals surface area contributed by atoms with Crippen LogP contribution in [0.25, 0.3) is 0 Å². The fraction of sp³-hybridized carbons (Fsp3) is 0.412. The van der Waals surface area contributed by atoms with Crippen LogP contribution in [-0.2, 0) is 16.4 Å². The zero-order valence-electron chi connectivity index (χ0n) is 14.4. The summed E-state index contributed by atoms with van der Waals surface area (Å²) in [5.74, 6) is 0.783. The van der Waals surface area contributed by atoms with Crippen molar-refractivity contribution in [2.24, 2.45) is 5.14 Å². The molecule has 0 aliphatic heterocycles. The first kappa shape index (κ1) is 18.6. The van der Waals surface area contributed by atoms with Gasteiger partial charge in [0.1, 0.15) is 6.10 Å². The van der Waals surface area contributed by atoms with Crippen molar-refractivity contribution in [3.8, 4) is 5.88 Å². The molecule has 0 spiro atoms. The van der Waals surface area contributed by atoms with Gasteiger partial charge in [0.15, 0.2) is 0 Å². The molecule has 0 saturated heterocycles. The average molecular weight is 378 g/mol. The maximum absolute atomic E-state index is 11.3. The molecule has 0 radical (unpaired) electrons. The van der Waals surface area contributed by atoms with Gasteiger partial charge in [0, 0.05) is 17.4 Å². The molecule has 1 heterocycles. The molecule has 0 bridgehead atoms. The van der Waals surface area contributed by atoms with Crippen molar-refractivity contribution in [1.82, 2.24) is 9.97 Å². The van der Waals surface area contributed by atoms with Crippen LogP contribution in [0.1, 0.15) is 31.7 Å². The van der Waals surface area contributed by atoms with Crippen LogP contribution in [0.15, 0.2) is 35.4 Å². The molecular formula is C17H22N4O4S. The molecule has 2 atom stereocenters. The lowest BCUT2D eigenvalue weighted by Gasteiger charge is -2.18. The Morgan fingerprint density at radius 2 is 2.04 bits per heavy atom. The molecule has 2 aromatic rings. The molecule has 0 unspecified atom stereocenters. The molecule has 9 heteroatoms. The number of ether oxygens (including phenoxy) is 1. The molecule has 1 fully saturated rings. The highest BCUT2D eigenvalue weighted by molar-refractivity contribution is 7.89. The van der Waals surface area contributed by atoms with Gasteiger partial charge in [-0.3, -0.25) is 0 Å². The van der Waals surface area contributed by atoms with Gasteiger partial charge in [-0.15, -0.1) is 0 Å². The first-order chi connectivity index (χ1) is 12.4. The van der Waals surface area contributed by atoms with Gasteiger partial charge in [-0.1, -0.05) is 6.92 Å². The Kier molecular flexibility index (Phi) is 5.40. The number of hydrogen-bond acceptors (Lipinski definition) is 7. The normalized spacial score (nSPS) is 20.1. The number of aromatic nitrogens is 2. The average Bonchev–Trinajstić information content (AvgIpc) is 3.00. The van der Waals surface area contributed by atoms with E-state index in [9.17, 15) is 13.5 Å². The number of hydrogen-bond donors (Lipinski definition) is 3. The summed E-state index contributed by atoms with van der Waals surface area (Å²) in [4.78, 5) is 8.70. The summed E-state index contributed by atoms with van der Waals surface area (Å²) >= 11 is 0. The van der Waals surface area contributed by atoms with E-state index < -0.39 is 16.1 Å². The van der Waals surface area contributed by atoms with Crippen molar-refractivity contribution >= 4 is 21.7 Å². The van der Waals surface area contributed by atoms with Gasteiger partial charge in [0.05, 0.1) is 11.0 Å². The molecule has 0 amide bonds. The second kappa shape index (κ2) is 7.56. The summed E-state index contributed by atoms with van der Waals surface area (Å²) < 4.78 is 28.5. The number of aliphatic hydroxyl groups is 1. The number of nitrogens with two attached hydrogens (primary N) is 1. The molecule has 1 aliphatic rings. The molecule has 140 valence electrons. The third-order valence-electron chi connectivity index (χ3n) is 4.33. The minimum Gasteiger partial charge on any atom is -0.471 e. The lowest BCUT2D eigenvalue weighted by atomic mass is 10.2. The zero-order chi connectivity index (χ0) is 18.7. The third kappa shape index (κ3) is 4.29. The third-order valence-corrected chi connectivity index (χ3v) is 5.25. The van der Waals surface area contributed by atoms with Gasteiger partial charge < -0.3 is 15.2 Å². The number of benzene rings is 1. The number of sulfonamides is 1. The first-order valence-corrected chi connectivity index (χ1v) is 10.0. The summed E-state index contributed by atoms with van der Waals surface area (Å²) in [6.07, 6.45) is 4.13. The highest BCUT2D eigenvalue weighted by Gasteiger charge is 2.28. The van der Waals surface area contributed by atoms with Gasteiger partial charge >= 0.3 is 0 Å². The number of nitrogens with one attached hydrogen (secondary N) is 1. The monoisotopic (exact) mass is 378 g/mol. The van der Waals surface area contributed by atoms with E-state index in [-0.39, 0.29) is 11.0 Å². The summed E-state index contributed by atoms with van der Waals surface area (Å²) in [6, 6.07) is 5.98. The Morgan fingerprint density at radius 1 is 1.31 bits per heavy atom. The van der Waals surface area contributed by atoms with Crippen molar-refractivity contribution in [1.29, 1.82) is 0 Å². The predicted octanol–water partition coefficient (Wildman–Crippen LogP) is 1.72. The van der Waals surface area contributed by atoms with Gasteiger partial charge in [-0.2, -0.15) is 4.98 Å². The van der Waals surface area contributed by atoms with E-state index in [2.05, 4.69) is 15.3 Å². The number of aryl methyl sites for hydroxylation is 1. The SMILES string of the molecule is CCc1cnc(Nc2ccc(S(N)(=O)=O)cc2)nc1O[C@@H]1CCC[C@@H]1O. The summed E-state index contributed by atoms with van der Waals surface area (Å²) in [5.41, 5.74) is 1.48. The summed E-state index contributed by atoms with van der Waals surface area (Å²) in [7, 11) is -3.73. The van der Waals surface area contributed by atoms with Gasteiger partial charge in [-0.25, -0.2) is 18.5 Å². The van der Waals surface area contributed by atoms with Crippen LogP contribution in [0, 0.1) is 0 Å². The van der Waals surface area contributed by atoms with Crippen LogP contribution in [0.4, 0.5) is 11.6 Å². The van der Waals surface area contributed by atoms with Crippen LogP contribution in [0.2, 0.25) is 0 Å². The van der Waals surface area contributed by atoms with Crippen molar-refractivity contribution in [3.05, 3.63) is 36.0 Å². The fourth-order valence-electron chi connectivity index (χ4n) is 2.84. The van der Waals surface area contributed by atoms with E-state index in [1.807, 2.05) is 6.92 Å². The number of nitrogens with zero attached hydrogens (tertiary/aromatic N) is 2. The van der Waals surface area contributed by atoms with E-state index in [4.69, 9.17) is 9.88 Å². The van der Waals surface area contributed by atoms with E-state index in [1.54, 1.807) is 18.3 Å². The summed E-state index contributed by atoms with van der Waals surface area (Å²) in [6.45, 7) is 1.98. The van der Waals surface area contributed by atoms with Crippen LogP contribution in [0.5, 0.6) is 5.88 Å². The largest absolute Gasteiger partial charge is 0.471 e. The molecule has 8 nitrogen and oxygen atoms in total. The highest BCUT2D eigenvalue weighted by atomic mass is 32.2. The Bertz CT molecular complexity index is 871. The lowest BCUT2D eigenvalue weighted by molar-refractivity contribution is 0.0568. The summed E-state index contributed by atoms with van der Waals surface area (Å²) in [5, 5.41) is 18.1. The number of rotatable bonds is 6. The second-order valence-electron chi connectivity index (χ2n) is 6.23. The minimum absolute atomic E-state index is 0.0320. The second-order valence-corrected chi connectivity index (χ2v) is 7.79. The van der Waals surface area contributed by atoms with Gasteiger partial charge in [0.2, 0.25) is 21.9 Å². The number of primary sulfonamides is 1. The van der Waals surface area contributed by atoms with Crippen molar-refractivity contribution < 1.29 is 18.3 Å². The Balaban J connectivity index is 1.78. The molecule has 1 aromatic carbocycles. The minimum atomic E-state index is -3.73. The molecule has 1 aromatic heterocycles. The Labute approximate surface area is 152 Å². The quantitative estimate of drug-likeness (QED) is 0.698. The van der Waals surface area contributed by atoms with Crippen LogP contribution in [-0.4, -0.2) is 35.7 Å². The van der Waals surface area contributed by atoms with Crippen LogP contribution in [0.3, 0.4) is 0 Å². The van der Waals surface area contributed by atoms with Crippen molar-refractivity contribution in [2.75, 3.05) is 5.32 Å². The standard InChI is InChI=1S/C17H22N4O4S/c1-2-11-10-19-17(21-16(11)25-15-5-3-4-14(15)22)20-12-6-8-13(9-7-12)26(18,23)24/h6-10,14-15,22H,2-5H2,1H3,(H2,18,23,24)(H,19,20,21)/t14-,15+/m0/s1. The van der Waals surface area contributed by atoms with Crippen LogP contribution < -0.4 is 15.2 Å². The maximum atomic E-state index is 11.3. The zero-order valence-corrected chi connectivity index (χ0v) is 15.2. The Hall–Kier alpha value is -2.23. The van der Waals surface area contributed by atoms with Gasteiger partial charge in [-0.05, 0) is 49.9 Å². The molecule has 4 N–H and O–H groups in total. The predicted molar refractivity (Wildman–Crippen MR) is 96.8 cm³/mol. The highest BCUT2D eigenvalue weighted by Crippen LogP contribution is 2.27.